The predicted octanol–water partition coefficient (Wildman–Crippen LogP) is -7.48. The van der Waals surface area contributed by atoms with E-state index >= 15 is 0 Å². The van der Waals surface area contributed by atoms with E-state index in [1.165, 1.54) is 0 Å². The summed E-state index contributed by atoms with van der Waals surface area (Å²) in [6.07, 6.45) is -28.0. The Kier molecular flexibility index (Phi) is 9.35. The average Bonchev–Trinajstić information content (AvgIpc) is 2.82. The Labute approximate surface area is 196 Å². The van der Waals surface area contributed by atoms with Gasteiger partial charge in [0.1, 0.15) is 67.1 Å². The maximum Gasteiger partial charge on any atom is 0.335 e. The molecule has 3 aliphatic rings. The van der Waals surface area contributed by atoms with Crippen molar-refractivity contribution in [3.63, 3.8) is 0 Å². The number of carbonyl (C=O) groups is 1. The molecule has 204 valence electrons. The van der Waals surface area contributed by atoms with Gasteiger partial charge < -0.3 is 79.9 Å². The van der Waals surface area contributed by atoms with Gasteiger partial charge >= 0.3 is 5.97 Å². The van der Waals surface area contributed by atoms with Crippen molar-refractivity contribution in [2.75, 3.05) is 13.2 Å². The van der Waals surface area contributed by atoms with Gasteiger partial charge in [-0.15, -0.1) is 0 Å². The molecule has 3 rings (SSSR count). The summed E-state index contributed by atoms with van der Waals surface area (Å²) in [5.41, 5.74) is 0. The Morgan fingerprint density at radius 2 is 1.09 bits per heavy atom. The molecular formula is C18H30O17. The smallest absolute Gasteiger partial charge is 0.335 e. The summed E-state index contributed by atoms with van der Waals surface area (Å²) in [4.78, 5) is 11.3. The van der Waals surface area contributed by atoms with Crippen LogP contribution >= 0.6 is 0 Å². The number of ether oxygens (including phenoxy) is 5. The van der Waals surface area contributed by atoms with Crippen LogP contribution in [-0.2, 0) is 28.5 Å². The summed E-state index contributed by atoms with van der Waals surface area (Å²) in [6.45, 7) is -1.64. The second kappa shape index (κ2) is 11.5. The Bertz CT molecular complexity index is 709. The monoisotopic (exact) mass is 518 g/mol. The summed E-state index contributed by atoms with van der Waals surface area (Å²) in [6, 6.07) is 0. The van der Waals surface area contributed by atoms with E-state index in [9.17, 15) is 61.0 Å². The Morgan fingerprint density at radius 3 is 1.63 bits per heavy atom. The predicted molar refractivity (Wildman–Crippen MR) is 102 cm³/mol. The maximum atomic E-state index is 11.3. The van der Waals surface area contributed by atoms with Crippen molar-refractivity contribution in [2.45, 2.75) is 92.1 Å². The van der Waals surface area contributed by atoms with Crippen LogP contribution in [0.25, 0.3) is 0 Å². The molecule has 0 aromatic heterocycles. The fourth-order valence-corrected chi connectivity index (χ4v) is 4.01. The summed E-state index contributed by atoms with van der Waals surface area (Å²) in [5, 5.41) is 109. The Balaban J connectivity index is 1.85. The van der Waals surface area contributed by atoms with Crippen molar-refractivity contribution in [2.24, 2.45) is 0 Å². The van der Waals surface area contributed by atoms with Gasteiger partial charge in [0.25, 0.3) is 0 Å². The van der Waals surface area contributed by atoms with Crippen LogP contribution in [-0.4, -0.2) is 167 Å². The minimum absolute atomic E-state index is 0.804. The third kappa shape index (κ3) is 5.59. The molecule has 0 saturated carbocycles. The highest BCUT2D eigenvalue weighted by Gasteiger charge is 2.54. The lowest BCUT2D eigenvalue weighted by molar-refractivity contribution is -0.385. The lowest BCUT2D eigenvalue weighted by Gasteiger charge is -2.48. The summed E-state index contributed by atoms with van der Waals surface area (Å²) < 4.78 is 26.1. The molecule has 15 atom stereocenters. The number of hydrogen-bond acceptors (Lipinski definition) is 16. The van der Waals surface area contributed by atoms with Crippen LogP contribution in [0.3, 0.4) is 0 Å². The summed E-state index contributed by atoms with van der Waals surface area (Å²) in [5.74, 6) is -1.72. The highest BCUT2D eigenvalue weighted by Crippen LogP contribution is 2.32. The molecule has 3 aliphatic heterocycles. The van der Waals surface area contributed by atoms with E-state index in [1.807, 2.05) is 0 Å². The van der Waals surface area contributed by atoms with Crippen LogP contribution in [0.15, 0.2) is 0 Å². The van der Waals surface area contributed by atoms with Gasteiger partial charge in [0.05, 0.1) is 13.2 Å². The van der Waals surface area contributed by atoms with Crippen LogP contribution < -0.4 is 0 Å². The first-order chi connectivity index (χ1) is 16.4. The van der Waals surface area contributed by atoms with E-state index in [0.29, 0.717) is 0 Å². The van der Waals surface area contributed by atoms with E-state index in [0.717, 1.165) is 0 Å². The number of aliphatic hydroxyl groups excluding tert-OH is 10. The number of aliphatic carboxylic acids is 1. The van der Waals surface area contributed by atoms with Gasteiger partial charge in [-0.2, -0.15) is 0 Å². The number of carboxylic acid groups (broad SMARTS) is 1. The molecule has 35 heavy (non-hydrogen) atoms. The first kappa shape index (κ1) is 28.4. The van der Waals surface area contributed by atoms with E-state index in [1.54, 1.807) is 0 Å². The molecular weight excluding hydrogens is 488 g/mol. The molecule has 0 amide bonds. The third-order valence-electron chi connectivity index (χ3n) is 6.06. The van der Waals surface area contributed by atoms with Gasteiger partial charge in [-0.3, -0.25) is 0 Å². The first-order valence-electron chi connectivity index (χ1n) is 10.6. The highest BCUT2D eigenvalue weighted by atomic mass is 16.8. The lowest BCUT2D eigenvalue weighted by Crippen LogP contribution is -2.67. The van der Waals surface area contributed by atoms with Crippen molar-refractivity contribution in [3.05, 3.63) is 0 Å². The van der Waals surface area contributed by atoms with Gasteiger partial charge in [0.15, 0.2) is 25.0 Å². The van der Waals surface area contributed by atoms with Gasteiger partial charge in [-0.25, -0.2) is 4.79 Å². The van der Waals surface area contributed by atoms with Crippen LogP contribution in [0.2, 0.25) is 0 Å². The Hall–Kier alpha value is -1.13. The molecule has 3 heterocycles. The molecule has 0 aromatic rings. The van der Waals surface area contributed by atoms with Crippen LogP contribution in [0, 0.1) is 0 Å². The van der Waals surface area contributed by atoms with Crippen molar-refractivity contribution < 1.29 is 84.7 Å². The number of carboxylic acids is 1. The third-order valence-corrected chi connectivity index (χ3v) is 6.06. The zero-order valence-electron chi connectivity index (χ0n) is 17.9. The van der Waals surface area contributed by atoms with Gasteiger partial charge in [-0.05, 0) is 0 Å². The minimum atomic E-state index is -2.06. The Morgan fingerprint density at radius 1 is 0.600 bits per heavy atom. The molecule has 3 saturated heterocycles. The van der Waals surface area contributed by atoms with Gasteiger partial charge in [0.2, 0.25) is 0 Å². The van der Waals surface area contributed by atoms with E-state index < -0.39 is 111 Å². The van der Waals surface area contributed by atoms with Gasteiger partial charge in [-0.1, -0.05) is 0 Å². The van der Waals surface area contributed by atoms with Crippen LogP contribution in [0.5, 0.6) is 0 Å². The first-order valence-corrected chi connectivity index (χ1v) is 10.6. The lowest BCUT2D eigenvalue weighted by atomic mass is 9.96. The maximum absolute atomic E-state index is 11.3. The normalized spacial score (nSPS) is 51.2. The largest absolute Gasteiger partial charge is 0.479 e. The zero-order chi connectivity index (χ0) is 26.2. The van der Waals surface area contributed by atoms with E-state index in [4.69, 9.17) is 23.7 Å². The fourth-order valence-electron chi connectivity index (χ4n) is 4.01. The topological polar surface area (TPSA) is 286 Å². The number of rotatable bonds is 7. The molecule has 0 bridgehead atoms. The van der Waals surface area contributed by atoms with Crippen LogP contribution in [0.1, 0.15) is 0 Å². The second-order valence-electron chi connectivity index (χ2n) is 8.37. The molecule has 0 aliphatic carbocycles. The zero-order valence-corrected chi connectivity index (χ0v) is 17.9. The SMILES string of the molecule is O=C(O)C1OC(OC2C(O)OC(CO)C(O)C2OC2OC(CO)C(O)C(O)C2O)C(O)C(O)C1O. The van der Waals surface area contributed by atoms with Crippen molar-refractivity contribution in [3.8, 4) is 0 Å². The van der Waals surface area contributed by atoms with Crippen molar-refractivity contribution in [1.82, 2.24) is 0 Å². The standard InChI is InChI=1S/C18H30O17/c19-1-3-5(21)7(23)10(26)17(32-3)33-12-6(22)4(2-20)31-16(30)14(12)35-18-11(27)8(24)9(25)13(34-18)15(28)29/h3-14,16-27,30H,1-2H2,(H,28,29). The molecule has 11 N–H and O–H groups in total. The van der Waals surface area contributed by atoms with Gasteiger partial charge in [0, 0.05) is 0 Å². The summed E-state index contributed by atoms with van der Waals surface area (Å²) >= 11 is 0. The van der Waals surface area contributed by atoms with Crippen molar-refractivity contribution >= 4 is 5.97 Å². The quantitative estimate of drug-likeness (QED) is 0.149. The number of hydrogen-bond donors (Lipinski definition) is 11. The minimum Gasteiger partial charge on any atom is -0.479 e. The molecule has 0 radical (unpaired) electrons. The summed E-state index contributed by atoms with van der Waals surface area (Å²) in [7, 11) is 0. The second-order valence-corrected chi connectivity index (χ2v) is 8.37. The molecule has 17 nitrogen and oxygen atoms in total. The molecule has 17 heteroatoms. The van der Waals surface area contributed by atoms with E-state index in [2.05, 4.69) is 0 Å². The molecule has 3 fully saturated rings. The van der Waals surface area contributed by atoms with Crippen LogP contribution in [0.4, 0.5) is 0 Å². The van der Waals surface area contributed by atoms with Crippen molar-refractivity contribution in [1.29, 1.82) is 0 Å². The molecule has 0 spiro atoms. The highest BCUT2D eigenvalue weighted by molar-refractivity contribution is 5.73. The molecule has 0 aromatic carbocycles. The molecule has 15 unspecified atom stereocenters. The average molecular weight is 518 g/mol. The number of aliphatic hydroxyl groups is 10. The van der Waals surface area contributed by atoms with E-state index in [-0.39, 0.29) is 0 Å². The fraction of sp³-hybridized carbons (Fsp3) is 0.944.